The number of nitro benzene ring substituents is 1. The van der Waals surface area contributed by atoms with Crippen LogP contribution in [0.15, 0.2) is 60.7 Å². The van der Waals surface area contributed by atoms with Crippen LogP contribution in [0.4, 0.5) is 11.4 Å². The van der Waals surface area contributed by atoms with Crippen LogP contribution in [-0.4, -0.2) is 22.9 Å². The Bertz CT molecular complexity index is 1260. The smallest absolute Gasteiger partial charge is 0.311 e. The predicted molar refractivity (Wildman–Crippen MR) is 118 cm³/mol. The third-order valence-corrected chi connectivity index (χ3v) is 5.70. The number of carbonyl (C=O) groups excluding carboxylic acids is 1. The van der Waals surface area contributed by atoms with Crippen molar-refractivity contribution in [2.24, 2.45) is 0 Å². The fourth-order valence-electron chi connectivity index (χ4n) is 2.96. The zero-order valence-corrected chi connectivity index (χ0v) is 17.2. The molecule has 3 aromatic carbocycles. The Morgan fingerprint density at radius 2 is 1.97 bits per heavy atom. The summed E-state index contributed by atoms with van der Waals surface area (Å²) >= 11 is 7.66. The van der Waals surface area contributed by atoms with Crippen molar-refractivity contribution in [1.82, 2.24) is 4.98 Å². The molecule has 0 saturated carbocycles. The molecule has 7 nitrogen and oxygen atoms in total. The number of aromatic nitrogens is 1. The number of carbonyl (C=O) groups is 1. The summed E-state index contributed by atoms with van der Waals surface area (Å²) in [6.07, 6.45) is 0. The third-order valence-electron chi connectivity index (χ3n) is 4.39. The summed E-state index contributed by atoms with van der Waals surface area (Å²) in [4.78, 5) is 28.1. The van der Waals surface area contributed by atoms with E-state index in [0.29, 0.717) is 21.3 Å². The van der Waals surface area contributed by atoms with E-state index in [-0.39, 0.29) is 17.0 Å². The minimum atomic E-state index is -0.593. The van der Waals surface area contributed by atoms with Crippen molar-refractivity contribution >= 4 is 50.4 Å². The van der Waals surface area contributed by atoms with E-state index < -0.39 is 10.8 Å². The number of nitrogens with zero attached hydrogens (tertiary/aromatic N) is 2. The summed E-state index contributed by atoms with van der Waals surface area (Å²) in [7, 11) is 1.33. The number of benzene rings is 3. The van der Waals surface area contributed by atoms with Crippen LogP contribution in [0.1, 0.15) is 10.4 Å². The van der Waals surface area contributed by atoms with E-state index in [1.165, 1.54) is 36.6 Å². The normalized spacial score (nSPS) is 10.7. The van der Waals surface area contributed by atoms with Gasteiger partial charge in [0.25, 0.3) is 5.91 Å². The van der Waals surface area contributed by atoms with Gasteiger partial charge in [0, 0.05) is 22.2 Å². The molecule has 0 spiro atoms. The summed E-state index contributed by atoms with van der Waals surface area (Å²) in [5.74, 6) is -0.413. The van der Waals surface area contributed by atoms with Crippen LogP contribution < -0.4 is 10.1 Å². The molecule has 0 aliphatic carbocycles. The molecule has 0 unspecified atom stereocenters. The summed E-state index contributed by atoms with van der Waals surface area (Å²) in [5, 5.41) is 15.3. The second kappa shape index (κ2) is 8.10. The maximum Gasteiger partial charge on any atom is 0.311 e. The van der Waals surface area contributed by atoms with E-state index in [1.54, 1.807) is 18.2 Å². The highest BCUT2D eigenvalue weighted by molar-refractivity contribution is 7.21. The van der Waals surface area contributed by atoms with Crippen LogP contribution in [0.25, 0.3) is 20.8 Å². The summed E-state index contributed by atoms with van der Waals surface area (Å²) < 4.78 is 5.99. The Balaban J connectivity index is 1.71. The largest absolute Gasteiger partial charge is 0.490 e. The van der Waals surface area contributed by atoms with Gasteiger partial charge in [-0.25, -0.2) is 4.98 Å². The number of thiazole rings is 1. The van der Waals surface area contributed by atoms with Crippen LogP contribution in [0.2, 0.25) is 5.02 Å². The molecule has 0 fully saturated rings. The number of hydrogen-bond donors (Lipinski definition) is 1. The fraction of sp³-hybridized carbons (Fsp3) is 0.0476. The number of anilines is 1. The van der Waals surface area contributed by atoms with Crippen LogP contribution in [-0.2, 0) is 0 Å². The number of hydrogen-bond acceptors (Lipinski definition) is 6. The van der Waals surface area contributed by atoms with Crippen molar-refractivity contribution in [3.05, 3.63) is 81.4 Å². The summed E-state index contributed by atoms with van der Waals surface area (Å²) in [6, 6.07) is 16.8. The van der Waals surface area contributed by atoms with Gasteiger partial charge < -0.3 is 10.1 Å². The van der Waals surface area contributed by atoms with Gasteiger partial charge in [-0.2, -0.15) is 0 Å². The quantitative estimate of drug-likeness (QED) is 0.314. The highest BCUT2D eigenvalue weighted by Crippen LogP contribution is 2.36. The lowest BCUT2D eigenvalue weighted by Crippen LogP contribution is -2.13. The van der Waals surface area contributed by atoms with Crippen molar-refractivity contribution in [2.45, 2.75) is 0 Å². The number of ether oxygens (including phenoxy) is 1. The fourth-order valence-corrected chi connectivity index (χ4v) is 4.13. The van der Waals surface area contributed by atoms with E-state index in [1.807, 2.05) is 24.3 Å². The Morgan fingerprint density at radius 3 is 2.70 bits per heavy atom. The highest BCUT2D eigenvalue weighted by Gasteiger charge is 2.20. The molecular formula is C21H14ClN3O4S. The zero-order chi connectivity index (χ0) is 21.3. The Morgan fingerprint density at radius 1 is 1.17 bits per heavy atom. The number of methoxy groups -OCH3 is 1. The lowest BCUT2D eigenvalue weighted by Gasteiger charge is -2.11. The van der Waals surface area contributed by atoms with Crippen LogP contribution in [0, 0.1) is 10.1 Å². The number of nitro groups is 1. The van der Waals surface area contributed by atoms with Crippen molar-refractivity contribution in [1.29, 1.82) is 0 Å². The molecule has 0 saturated heterocycles. The lowest BCUT2D eigenvalue weighted by atomic mass is 10.1. The molecule has 30 heavy (non-hydrogen) atoms. The van der Waals surface area contributed by atoms with E-state index in [9.17, 15) is 14.9 Å². The van der Waals surface area contributed by atoms with E-state index in [4.69, 9.17) is 16.3 Å². The minimum Gasteiger partial charge on any atom is -0.490 e. The monoisotopic (exact) mass is 439 g/mol. The molecule has 4 aromatic rings. The number of para-hydroxylation sites is 1. The molecule has 1 amide bonds. The number of nitrogens with one attached hydrogen (secondary N) is 1. The van der Waals surface area contributed by atoms with Crippen molar-refractivity contribution in [3.63, 3.8) is 0 Å². The summed E-state index contributed by atoms with van der Waals surface area (Å²) in [6.45, 7) is 0. The first-order valence-corrected chi connectivity index (χ1v) is 9.95. The maximum atomic E-state index is 12.8. The van der Waals surface area contributed by atoms with Gasteiger partial charge in [-0.3, -0.25) is 14.9 Å². The summed E-state index contributed by atoms with van der Waals surface area (Å²) in [5.41, 5.74) is 1.86. The van der Waals surface area contributed by atoms with Crippen LogP contribution >= 0.6 is 22.9 Å². The maximum absolute atomic E-state index is 12.8. The standard InChI is InChI=1S/C21H14ClN3O4S/c1-29-18-9-6-12(10-17(18)25(27)28)20(26)23-15-8-7-13(22)11-14(15)21-24-16-4-2-3-5-19(16)30-21/h2-11H,1H3,(H,23,26). The van der Waals surface area contributed by atoms with E-state index in [2.05, 4.69) is 10.3 Å². The van der Waals surface area contributed by atoms with Crippen molar-refractivity contribution < 1.29 is 14.5 Å². The van der Waals surface area contributed by atoms with Gasteiger partial charge in [0.1, 0.15) is 5.01 Å². The van der Waals surface area contributed by atoms with Gasteiger partial charge in [0.05, 0.1) is 27.9 Å². The molecule has 0 aliphatic rings. The first-order chi connectivity index (χ1) is 14.5. The second-order valence-electron chi connectivity index (χ2n) is 6.27. The van der Waals surface area contributed by atoms with Gasteiger partial charge in [-0.15, -0.1) is 11.3 Å². The van der Waals surface area contributed by atoms with Gasteiger partial charge in [0.15, 0.2) is 5.75 Å². The average molecular weight is 440 g/mol. The molecule has 1 heterocycles. The third kappa shape index (κ3) is 3.83. The topological polar surface area (TPSA) is 94.4 Å². The van der Waals surface area contributed by atoms with Gasteiger partial charge >= 0.3 is 5.69 Å². The first kappa shape index (κ1) is 19.8. The second-order valence-corrected chi connectivity index (χ2v) is 7.74. The van der Waals surface area contributed by atoms with Crippen molar-refractivity contribution in [3.8, 4) is 16.3 Å². The van der Waals surface area contributed by atoms with Gasteiger partial charge in [0.2, 0.25) is 0 Å². The molecule has 4 rings (SSSR count). The zero-order valence-electron chi connectivity index (χ0n) is 15.6. The molecular weight excluding hydrogens is 426 g/mol. The number of rotatable bonds is 5. The average Bonchev–Trinajstić information content (AvgIpc) is 3.18. The molecule has 1 N–H and O–H groups in total. The number of amides is 1. The number of halogens is 1. The Hall–Kier alpha value is -3.49. The highest BCUT2D eigenvalue weighted by atomic mass is 35.5. The van der Waals surface area contributed by atoms with Crippen LogP contribution in [0.5, 0.6) is 5.75 Å². The van der Waals surface area contributed by atoms with E-state index >= 15 is 0 Å². The predicted octanol–water partition coefficient (Wildman–Crippen LogP) is 5.79. The molecule has 0 aliphatic heterocycles. The molecule has 0 bridgehead atoms. The van der Waals surface area contributed by atoms with Gasteiger partial charge in [-0.05, 0) is 42.5 Å². The first-order valence-electron chi connectivity index (χ1n) is 8.75. The SMILES string of the molecule is COc1ccc(C(=O)Nc2ccc(Cl)cc2-c2nc3ccccc3s2)cc1[N+](=O)[O-]. The van der Waals surface area contributed by atoms with Gasteiger partial charge in [-0.1, -0.05) is 23.7 Å². The molecule has 150 valence electrons. The van der Waals surface area contributed by atoms with E-state index in [0.717, 1.165) is 10.2 Å². The number of fused-ring (bicyclic) bond motifs is 1. The minimum absolute atomic E-state index is 0.0817. The molecule has 9 heteroatoms. The van der Waals surface area contributed by atoms with Crippen LogP contribution in [0.3, 0.4) is 0 Å². The molecule has 0 radical (unpaired) electrons. The molecule has 0 atom stereocenters. The van der Waals surface area contributed by atoms with Crippen molar-refractivity contribution in [2.75, 3.05) is 12.4 Å². The Kier molecular flexibility index (Phi) is 5.35. The lowest BCUT2D eigenvalue weighted by molar-refractivity contribution is -0.385. The Labute approximate surface area is 180 Å². The molecule has 1 aromatic heterocycles.